The Hall–Kier alpha value is -0.0800. The van der Waals surface area contributed by atoms with E-state index in [1.54, 1.807) is 0 Å². The zero-order valence-electron chi connectivity index (χ0n) is 10.8. The molecule has 1 saturated heterocycles. The summed E-state index contributed by atoms with van der Waals surface area (Å²) in [6.07, 6.45) is 6.91. The Bertz CT molecular complexity index is 151. The Morgan fingerprint density at radius 2 is 1.87 bits per heavy atom. The molecule has 0 radical (unpaired) electrons. The van der Waals surface area contributed by atoms with E-state index in [1.165, 1.54) is 58.3 Å². The standard InChI is InChI=1S/C13H28N2/c1-4-5-9-14(2)10-6-13-7-11-15(3)12-8-13/h13H,4-12H2,1-3H3. The lowest BCUT2D eigenvalue weighted by molar-refractivity contribution is 0.195. The van der Waals surface area contributed by atoms with Gasteiger partial charge in [-0.05, 0) is 71.9 Å². The van der Waals surface area contributed by atoms with Crippen molar-refractivity contribution in [1.82, 2.24) is 9.80 Å². The highest BCUT2D eigenvalue weighted by Crippen LogP contribution is 2.19. The van der Waals surface area contributed by atoms with Crippen LogP contribution in [0.4, 0.5) is 0 Å². The number of rotatable bonds is 6. The van der Waals surface area contributed by atoms with E-state index in [1.807, 2.05) is 0 Å². The first kappa shape index (κ1) is 13.0. The summed E-state index contributed by atoms with van der Waals surface area (Å²) in [4.78, 5) is 4.96. The van der Waals surface area contributed by atoms with Crippen LogP contribution in [0.2, 0.25) is 0 Å². The monoisotopic (exact) mass is 212 g/mol. The molecule has 2 heteroatoms. The maximum Gasteiger partial charge on any atom is -0.00191 e. The van der Waals surface area contributed by atoms with Crippen molar-refractivity contribution in [3.8, 4) is 0 Å². The minimum atomic E-state index is 0.991. The van der Waals surface area contributed by atoms with E-state index >= 15 is 0 Å². The zero-order valence-corrected chi connectivity index (χ0v) is 10.8. The van der Waals surface area contributed by atoms with Crippen LogP contribution in [0.25, 0.3) is 0 Å². The van der Waals surface area contributed by atoms with E-state index in [0.717, 1.165) is 5.92 Å². The molecule has 0 aromatic carbocycles. The quantitative estimate of drug-likeness (QED) is 0.667. The lowest BCUT2D eigenvalue weighted by Crippen LogP contribution is -2.32. The Labute approximate surface area is 95.6 Å². The maximum atomic E-state index is 2.50. The predicted octanol–water partition coefficient (Wildman–Crippen LogP) is 2.45. The lowest BCUT2D eigenvalue weighted by atomic mass is 9.94. The van der Waals surface area contributed by atoms with Gasteiger partial charge in [-0.15, -0.1) is 0 Å². The van der Waals surface area contributed by atoms with Crippen molar-refractivity contribution < 1.29 is 0 Å². The van der Waals surface area contributed by atoms with Crippen LogP contribution in [-0.4, -0.2) is 50.1 Å². The van der Waals surface area contributed by atoms with E-state index in [0.29, 0.717) is 0 Å². The summed E-state index contributed by atoms with van der Waals surface area (Å²) >= 11 is 0. The van der Waals surface area contributed by atoms with E-state index in [9.17, 15) is 0 Å². The van der Waals surface area contributed by atoms with Gasteiger partial charge < -0.3 is 9.80 Å². The van der Waals surface area contributed by atoms with Crippen LogP contribution in [0.1, 0.15) is 39.0 Å². The third-order valence-electron chi connectivity index (χ3n) is 3.65. The number of hydrogen-bond donors (Lipinski definition) is 0. The van der Waals surface area contributed by atoms with Crippen molar-refractivity contribution in [2.45, 2.75) is 39.0 Å². The first-order chi connectivity index (χ1) is 7.22. The molecule has 2 nitrogen and oxygen atoms in total. The molecule has 1 rings (SSSR count). The van der Waals surface area contributed by atoms with Crippen molar-refractivity contribution in [3.05, 3.63) is 0 Å². The van der Waals surface area contributed by atoms with E-state index < -0.39 is 0 Å². The molecule has 0 aromatic rings. The van der Waals surface area contributed by atoms with Gasteiger partial charge in [-0.2, -0.15) is 0 Å². The summed E-state index contributed by atoms with van der Waals surface area (Å²) in [7, 11) is 4.51. The molecule has 90 valence electrons. The molecule has 0 aliphatic carbocycles. The first-order valence-electron chi connectivity index (χ1n) is 6.59. The Morgan fingerprint density at radius 1 is 1.20 bits per heavy atom. The van der Waals surface area contributed by atoms with Gasteiger partial charge in [-0.1, -0.05) is 13.3 Å². The molecule has 0 bridgehead atoms. The average Bonchev–Trinajstić information content (AvgIpc) is 2.25. The number of hydrogen-bond acceptors (Lipinski definition) is 2. The SMILES string of the molecule is CCCCN(C)CCC1CCN(C)CC1. The molecule has 1 aliphatic rings. The van der Waals surface area contributed by atoms with Crippen LogP contribution < -0.4 is 0 Å². The summed E-state index contributed by atoms with van der Waals surface area (Å²) in [6, 6.07) is 0. The highest BCUT2D eigenvalue weighted by atomic mass is 15.1. The van der Waals surface area contributed by atoms with Crippen LogP contribution in [0, 0.1) is 5.92 Å². The van der Waals surface area contributed by atoms with Crippen molar-refractivity contribution in [1.29, 1.82) is 0 Å². The van der Waals surface area contributed by atoms with E-state index in [2.05, 4.69) is 30.8 Å². The number of unbranched alkanes of at least 4 members (excludes halogenated alkanes) is 1. The van der Waals surface area contributed by atoms with E-state index in [-0.39, 0.29) is 0 Å². The van der Waals surface area contributed by atoms with Crippen molar-refractivity contribution in [3.63, 3.8) is 0 Å². The molecule has 1 aliphatic heterocycles. The van der Waals surface area contributed by atoms with Gasteiger partial charge in [0, 0.05) is 0 Å². The van der Waals surface area contributed by atoms with Crippen LogP contribution in [0.5, 0.6) is 0 Å². The van der Waals surface area contributed by atoms with Crippen molar-refractivity contribution in [2.24, 2.45) is 5.92 Å². The third kappa shape index (κ3) is 5.53. The molecule has 0 saturated carbocycles. The Kier molecular flexibility index (Phi) is 6.26. The maximum absolute atomic E-state index is 2.50. The highest BCUT2D eigenvalue weighted by molar-refractivity contribution is 4.70. The third-order valence-corrected chi connectivity index (χ3v) is 3.65. The molecule has 0 atom stereocenters. The lowest BCUT2D eigenvalue weighted by Gasteiger charge is -2.30. The Balaban J connectivity index is 2.04. The number of nitrogens with zero attached hydrogens (tertiary/aromatic N) is 2. The molecule has 15 heavy (non-hydrogen) atoms. The summed E-state index contributed by atoms with van der Waals surface area (Å²) in [6.45, 7) is 7.47. The molecule has 1 fully saturated rings. The van der Waals surface area contributed by atoms with Crippen molar-refractivity contribution in [2.75, 3.05) is 40.3 Å². The van der Waals surface area contributed by atoms with Gasteiger partial charge in [0.15, 0.2) is 0 Å². The summed E-state index contributed by atoms with van der Waals surface area (Å²) in [5.74, 6) is 0.991. The molecule has 0 unspecified atom stereocenters. The fourth-order valence-electron chi connectivity index (χ4n) is 2.29. The molecule has 0 N–H and O–H groups in total. The highest BCUT2D eigenvalue weighted by Gasteiger charge is 2.16. The van der Waals surface area contributed by atoms with Gasteiger partial charge >= 0.3 is 0 Å². The second kappa shape index (κ2) is 7.24. The smallest absolute Gasteiger partial charge is 0.00191 e. The molecular weight excluding hydrogens is 184 g/mol. The predicted molar refractivity (Wildman–Crippen MR) is 67.2 cm³/mol. The van der Waals surface area contributed by atoms with Gasteiger partial charge in [0.1, 0.15) is 0 Å². The number of piperidine rings is 1. The summed E-state index contributed by atoms with van der Waals surface area (Å²) in [5, 5.41) is 0. The second-order valence-corrected chi connectivity index (χ2v) is 5.19. The van der Waals surface area contributed by atoms with Gasteiger partial charge in [-0.25, -0.2) is 0 Å². The van der Waals surface area contributed by atoms with Crippen LogP contribution in [0.3, 0.4) is 0 Å². The Morgan fingerprint density at radius 3 is 2.47 bits per heavy atom. The fraction of sp³-hybridized carbons (Fsp3) is 1.00. The average molecular weight is 212 g/mol. The minimum absolute atomic E-state index is 0.991. The van der Waals surface area contributed by atoms with E-state index in [4.69, 9.17) is 0 Å². The van der Waals surface area contributed by atoms with Crippen LogP contribution >= 0.6 is 0 Å². The molecule has 0 spiro atoms. The molecule has 0 amide bonds. The number of likely N-dealkylation sites (tertiary alicyclic amines) is 1. The van der Waals surface area contributed by atoms with Gasteiger partial charge in [0.25, 0.3) is 0 Å². The topological polar surface area (TPSA) is 6.48 Å². The zero-order chi connectivity index (χ0) is 11.1. The van der Waals surface area contributed by atoms with Crippen molar-refractivity contribution >= 4 is 0 Å². The summed E-state index contributed by atoms with van der Waals surface area (Å²) in [5.41, 5.74) is 0. The normalized spacial score (nSPS) is 20.0. The first-order valence-corrected chi connectivity index (χ1v) is 6.59. The van der Waals surface area contributed by atoms with Crippen LogP contribution in [0.15, 0.2) is 0 Å². The molecule has 1 heterocycles. The van der Waals surface area contributed by atoms with Gasteiger partial charge in [0.05, 0.1) is 0 Å². The van der Waals surface area contributed by atoms with Crippen LogP contribution in [-0.2, 0) is 0 Å². The van der Waals surface area contributed by atoms with Gasteiger partial charge in [-0.3, -0.25) is 0 Å². The molecule has 0 aromatic heterocycles. The summed E-state index contributed by atoms with van der Waals surface area (Å²) < 4.78 is 0. The second-order valence-electron chi connectivity index (χ2n) is 5.19. The largest absolute Gasteiger partial charge is 0.306 e. The minimum Gasteiger partial charge on any atom is -0.306 e. The fourth-order valence-corrected chi connectivity index (χ4v) is 2.29. The molecular formula is C13H28N2. The van der Waals surface area contributed by atoms with Gasteiger partial charge in [0.2, 0.25) is 0 Å².